The summed E-state index contributed by atoms with van der Waals surface area (Å²) in [4.78, 5) is 13.5. The second-order valence-corrected chi connectivity index (χ2v) is 6.74. The first-order chi connectivity index (χ1) is 13.1. The Hall–Kier alpha value is -2.95. The Balaban J connectivity index is 2.03. The summed E-state index contributed by atoms with van der Waals surface area (Å²) in [6, 6.07) is 12.6. The van der Waals surface area contributed by atoms with Gasteiger partial charge in [0.2, 0.25) is 5.95 Å². The van der Waals surface area contributed by atoms with Crippen LogP contribution in [0.3, 0.4) is 0 Å². The molecule has 0 saturated carbocycles. The highest BCUT2D eigenvalue weighted by Crippen LogP contribution is 2.27. The van der Waals surface area contributed by atoms with Crippen molar-refractivity contribution in [3.63, 3.8) is 0 Å². The van der Waals surface area contributed by atoms with Gasteiger partial charge in [-0.3, -0.25) is 4.98 Å². The third kappa shape index (κ3) is 4.61. The first-order valence-corrected chi connectivity index (χ1v) is 9.52. The number of pyridine rings is 1. The van der Waals surface area contributed by atoms with Crippen LogP contribution < -0.4 is 10.6 Å². The zero-order chi connectivity index (χ0) is 19.2. The van der Waals surface area contributed by atoms with Gasteiger partial charge in [0.25, 0.3) is 0 Å². The Kier molecular flexibility index (Phi) is 6.01. The molecular formula is C22H27N5. The summed E-state index contributed by atoms with van der Waals surface area (Å²) in [7, 11) is 0. The van der Waals surface area contributed by atoms with Crippen LogP contribution in [-0.4, -0.2) is 21.0 Å². The number of rotatable bonds is 7. The van der Waals surface area contributed by atoms with E-state index >= 15 is 0 Å². The standard InChI is InChI=1S/C22H27N5/c1-5-16(4)24-22-25-19(18-10-12-23-13-11-18)14-20(27-22)26-21-15(3)8-7-9-17(21)6-2/h7-14,16H,5-6H2,1-4H3,(H2,24,25,26,27)/t16-/m1/s1. The molecule has 0 saturated heterocycles. The highest BCUT2D eigenvalue weighted by atomic mass is 15.2. The summed E-state index contributed by atoms with van der Waals surface area (Å²) < 4.78 is 0. The van der Waals surface area contributed by atoms with Gasteiger partial charge >= 0.3 is 0 Å². The lowest BCUT2D eigenvalue weighted by Crippen LogP contribution is -2.16. The summed E-state index contributed by atoms with van der Waals surface area (Å²) in [6.07, 6.45) is 5.53. The Bertz CT molecular complexity index is 892. The molecule has 0 aliphatic rings. The molecule has 0 aliphatic heterocycles. The van der Waals surface area contributed by atoms with Gasteiger partial charge in [-0.2, -0.15) is 4.98 Å². The van der Waals surface area contributed by atoms with Crippen LogP contribution in [0.25, 0.3) is 11.3 Å². The lowest BCUT2D eigenvalue weighted by atomic mass is 10.1. The Labute approximate surface area is 161 Å². The zero-order valence-corrected chi connectivity index (χ0v) is 16.5. The van der Waals surface area contributed by atoms with Gasteiger partial charge in [0.1, 0.15) is 5.82 Å². The van der Waals surface area contributed by atoms with Crippen molar-refractivity contribution in [2.24, 2.45) is 0 Å². The topological polar surface area (TPSA) is 62.7 Å². The lowest BCUT2D eigenvalue weighted by molar-refractivity contribution is 0.753. The van der Waals surface area contributed by atoms with Crippen LogP contribution >= 0.6 is 0 Å². The summed E-state index contributed by atoms with van der Waals surface area (Å²) >= 11 is 0. The molecule has 0 bridgehead atoms. The average Bonchev–Trinajstić information content (AvgIpc) is 2.70. The molecule has 2 heterocycles. The third-order valence-corrected chi connectivity index (χ3v) is 4.68. The van der Waals surface area contributed by atoms with Gasteiger partial charge in [-0.25, -0.2) is 4.98 Å². The van der Waals surface area contributed by atoms with E-state index in [4.69, 9.17) is 9.97 Å². The minimum Gasteiger partial charge on any atom is -0.352 e. The molecular weight excluding hydrogens is 334 g/mol. The lowest BCUT2D eigenvalue weighted by Gasteiger charge is -2.17. The monoisotopic (exact) mass is 361 g/mol. The van der Waals surface area contributed by atoms with Crippen molar-refractivity contribution < 1.29 is 0 Å². The maximum absolute atomic E-state index is 4.71. The van der Waals surface area contributed by atoms with E-state index in [0.29, 0.717) is 12.0 Å². The molecule has 0 amide bonds. The molecule has 0 aliphatic carbocycles. The Morgan fingerprint density at radius 2 is 1.81 bits per heavy atom. The second-order valence-electron chi connectivity index (χ2n) is 6.74. The summed E-state index contributed by atoms with van der Waals surface area (Å²) in [5.74, 6) is 1.42. The van der Waals surface area contributed by atoms with Crippen molar-refractivity contribution >= 4 is 17.5 Å². The number of aromatic nitrogens is 3. The van der Waals surface area contributed by atoms with Crippen molar-refractivity contribution in [2.75, 3.05) is 10.6 Å². The first kappa shape index (κ1) is 18.8. The van der Waals surface area contributed by atoms with Crippen molar-refractivity contribution in [2.45, 2.75) is 46.6 Å². The van der Waals surface area contributed by atoms with E-state index in [1.165, 1.54) is 11.1 Å². The molecule has 0 fully saturated rings. The van der Waals surface area contributed by atoms with Gasteiger partial charge in [0.05, 0.1) is 5.69 Å². The van der Waals surface area contributed by atoms with E-state index in [9.17, 15) is 0 Å². The fraction of sp³-hybridized carbons (Fsp3) is 0.318. The molecule has 5 nitrogen and oxygen atoms in total. The number of para-hydroxylation sites is 1. The normalized spacial score (nSPS) is 11.9. The fourth-order valence-electron chi connectivity index (χ4n) is 2.90. The highest BCUT2D eigenvalue weighted by Gasteiger charge is 2.11. The minimum atomic E-state index is 0.301. The van der Waals surface area contributed by atoms with E-state index in [2.05, 4.69) is 61.5 Å². The van der Waals surface area contributed by atoms with E-state index in [1.54, 1.807) is 12.4 Å². The van der Waals surface area contributed by atoms with Gasteiger partial charge in [-0.05, 0) is 49.9 Å². The minimum absolute atomic E-state index is 0.301. The maximum Gasteiger partial charge on any atom is 0.225 e. The molecule has 0 spiro atoms. The van der Waals surface area contributed by atoms with E-state index in [-0.39, 0.29) is 0 Å². The molecule has 1 atom stereocenters. The quantitative estimate of drug-likeness (QED) is 0.593. The number of aryl methyl sites for hydroxylation is 2. The highest BCUT2D eigenvalue weighted by molar-refractivity contribution is 5.70. The third-order valence-electron chi connectivity index (χ3n) is 4.68. The van der Waals surface area contributed by atoms with E-state index < -0.39 is 0 Å². The van der Waals surface area contributed by atoms with Gasteiger partial charge in [-0.15, -0.1) is 0 Å². The molecule has 0 radical (unpaired) electrons. The zero-order valence-electron chi connectivity index (χ0n) is 16.5. The molecule has 1 aromatic carbocycles. The molecule has 0 unspecified atom stereocenters. The SMILES string of the molecule is CCc1cccc(C)c1Nc1cc(-c2ccncc2)nc(N[C@H](C)CC)n1. The predicted molar refractivity (Wildman–Crippen MR) is 112 cm³/mol. The van der Waals surface area contributed by atoms with Crippen molar-refractivity contribution in [3.05, 3.63) is 59.9 Å². The van der Waals surface area contributed by atoms with Crippen LogP contribution in [0.2, 0.25) is 0 Å². The number of benzene rings is 1. The van der Waals surface area contributed by atoms with Gasteiger partial charge < -0.3 is 10.6 Å². The smallest absolute Gasteiger partial charge is 0.225 e. The van der Waals surface area contributed by atoms with E-state index in [1.807, 2.05) is 18.2 Å². The summed E-state index contributed by atoms with van der Waals surface area (Å²) in [5, 5.41) is 6.92. The van der Waals surface area contributed by atoms with Crippen LogP contribution in [0, 0.1) is 6.92 Å². The van der Waals surface area contributed by atoms with Crippen LogP contribution in [0.4, 0.5) is 17.5 Å². The number of hydrogen-bond donors (Lipinski definition) is 2. The molecule has 3 aromatic rings. The fourth-order valence-corrected chi connectivity index (χ4v) is 2.90. The molecule has 2 aromatic heterocycles. The van der Waals surface area contributed by atoms with Crippen molar-refractivity contribution in [3.8, 4) is 11.3 Å². The Morgan fingerprint density at radius 3 is 2.52 bits per heavy atom. The number of anilines is 3. The van der Waals surface area contributed by atoms with E-state index in [0.717, 1.165) is 35.6 Å². The van der Waals surface area contributed by atoms with Gasteiger partial charge in [0, 0.05) is 35.8 Å². The number of hydrogen-bond acceptors (Lipinski definition) is 5. The summed E-state index contributed by atoms with van der Waals surface area (Å²) in [5.41, 5.74) is 5.48. The number of nitrogens with one attached hydrogen (secondary N) is 2. The van der Waals surface area contributed by atoms with Crippen molar-refractivity contribution in [1.29, 1.82) is 0 Å². The molecule has 140 valence electrons. The second kappa shape index (κ2) is 8.62. The van der Waals surface area contributed by atoms with Crippen LogP contribution in [-0.2, 0) is 6.42 Å². The predicted octanol–water partition coefficient (Wildman–Crippen LogP) is 5.36. The van der Waals surface area contributed by atoms with Gasteiger partial charge in [-0.1, -0.05) is 32.0 Å². The molecule has 2 N–H and O–H groups in total. The van der Waals surface area contributed by atoms with Crippen molar-refractivity contribution in [1.82, 2.24) is 15.0 Å². The average molecular weight is 361 g/mol. The largest absolute Gasteiger partial charge is 0.352 e. The maximum atomic E-state index is 4.71. The molecule has 27 heavy (non-hydrogen) atoms. The van der Waals surface area contributed by atoms with Crippen LogP contribution in [0.1, 0.15) is 38.3 Å². The summed E-state index contributed by atoms with van der Waals surface area (Å²) in [6.45, 7) is 8.56. The van der Waals surface area contributed by atoms with Crippen LogP contribution in [0.15, 0.2) is 48.8 Å². The number of nitrogens with zero attached hydrogens (tertiary/aromatic N) is 3. The molecule has 5 heteroatoms. The first-order valence-electron chi connectivity index (χ1n) is 9.52. The molecule has 3 rings (SSSR count). The van der Waals surface area contributed by atoms with Gasteiger partial charge in [0.15, 0.2) is 0 Å². The van der Waals surface area contributed by atoms with Crippen LogP contribution in [0.5, 0.6) is 0 Å². The Morgan fingerprint density at radius 1 is 1.04 bits per heavy atom.